The van der Waals surface area contributed by atoms with Gasteiger partial charge < -0.3 is 14.2 Å². The van der Waals surface area contributed by atoms with Crippen LogP contribution in [0.2, 0.25) is 0 Å². The predicted octanol–water partition coefficient (Wildman–Crippen LogP) is 20.7. The Morgan fingerprint density at radius 3 is 0.882 bits per heavy atom. The number of rotatable bonds is 52. The average Bonchev–Trinajstić information content (AvgIpc) is 3.42. The molecule has 0 fully saturated rings. The molecular weight excluding hydrogens is 937 g/mol. The molecule has 6 heteroatoms. The van der Waals surface area contributed by atoms with E-state index in [1.54, 1.807) is 0 Å². The van der Waals surface area contributed by atoms with Crippen molar-refractivity contribution in [2.45, 2.75) is 239 Å². The van der Waals surface area contributed by atoms with E-state index in [4.69, 9.17) is 14.2 Å². The molecule has 0 aliphatic rings. The quantitative estimate of drug-likeness (QED) is 0.0261. The largest absolute Gasteiger partial charge is 0.462 e. The van der Waals surface area contributed by atoms with Crippen LogP contribution in [-0.2, 0) is 28.6 Å². The second-order valence-corrected chi connectivity index (χ2v) is 19.1. The van der Waals surface area contributed by atoms with Gasteiger partial charge in [0.2, 0.25) is 0 Å². The van der Waals surface area contributed by atoms with Crippen LogP contribution in [0.25, 0.3) is 0 Å². The van der Waals surface area contributed by atoms with Crippen molar-refractivity contribution in [2.75, 3.05) is 13.2 Å². The molecule has 0 aromatic carbocycles. The van der Waals surface area contributed by atoms with E-state index in [0.29, 0.717) is 19.3 Å². The molecule has 0 rings (SSSR count). The van der Waals surface area contributed by atoms with E-state index in [0.717, 1.165) is 141 Å². The van der Waals surface area contributed by atoms with Gasteiger partial charge in [0.15, 0.2) is 6.10 Å². The van der Waals surface area contributed by atoms with Gasteiger partial charge in [-0.3, -0.25) is 14.4 Å². The van der Waals surface area contributed by atoms with Crippen molar-refractivity contribution in [1.82, 2.24) is 0 Å². The summed E-state index contributed by atoms with van der Waals surface area (Å²) in [6.07, 6.45) is 92.1. The zero-order chi connectivity index (χ0) is 55.0. The lowest BCUT2D eigenvalue weighted by Crippen LogP contribution is -2.30. The summed E-state index contributed by atoms with van der Waals surface area (Å²) in [5.41, 5.74) is 0. The first kappa shape index (κ1) is 70.8. The topological polar surface area (TPSA) is 78.9 Å². The molecule has 0 radical (unpaired) electrons. The van der Waals surface area contributed by atoms with Crippen molar-refractivity contribution in [1.29, 1.82) is 0 Å². The van der Waals surface area contributed by atoms with Crippen molar-refractivity contribution in [2.24, 2.45) is 0 Å². The Hall–Kier alpha value is -5.23. The van der Waals surface area contributed by atoms with Crippen LogP contribution in [0.15, 0.2) is 170 Å². The molecule has 0 amide bonds. The lowest BCUT2D eigenvalue weighted by molar-refractivity contribution is -0.166. The molecule has 0 aliphatic heterocycles. The van der Waals surface area contributed by atoms with Crippen LogP contribution in [0.5, 0.6) is 0 Å². The molecule has 0 N–H and O–H groups in total. The standard InChI is InChI=1S/C70H108O6/c1-4-7-10-13-16-19-22-25-28-30-32-33-34-35-36-37-39-40-42-45-48-51-54-57-60-63-69(72)75-66-67(65-74-68(71)62-59-56-53-50-47-44-27-24-21-18-15-12-9-6-3)76-70(73)64-61-58-55-52-49-46-43-41-38-31-29-26-23-20-17-14-11-8-5-2/h7-8,10-11,16-17,19-20,24-29,32-33,35-36,38-41,45-46,48-49,55,58,67H,4-6,9,12-15,18,21-23,30-31,34,37,42-44,47,50-54,56-57,59-66H2,1-3H3/b10-7-,11-8-,19-16-,20-17-,27-24-,28-25-,29-26-,33-32-,36-35-,40-39-,41-38-,48-45-,49-46-,58-55-. The molecule has 0 saturated heterocycles. The third kappa shape index (κ3) is 59.6. The maximum atomic E-state index is 12.8. The Balaban J connectivity index is 4.58. The second-order valence-electron chi connectivity index (χ2n) is 19.1. The predicted molar refractivity (Wildman–Crippen MR) is 329 cm³/mol. The van der Waals surface area contributed by atoms with Gasteiger partial charge in [-0.15, -0.1) is 0 Å². The molecule has 0 aromatic heterocycles. The number of carbonyl (C=O) groups is 3. The Bertz CT molecular complexity index is 1770. The number of esters is 3. The number of unbranched alkanes of at least 4 members (excludes halogenated alkanes) is 13. The van der Waals surface area contributed by atoms with E-state index < -0.39 is 12.1 Å². The molecule has 76 heavy (non-hydrogen) atoms. The Morgan fingerprint density at radius 2 is 0.539 bits per heavy atom. The summed E-state index contributed by atoms with van der Waals surface area (Å²) in [5.74, 6) is -1.07. The van der Waals surface area contributed by atoms with E-state index in [1.807, 2.05) is 12.2 Å². The van der Waals surface area contributed by atoms with Gasteiger partial charge in [0.25, 0.3) is 0 Å². The van der Waals surface area contributed by atoms with Gasteiger partial charge in [-0.05, 0) is 141 Å². The fraction of sp³-hybridized carbons (Fsp3) is 0.557. The Kier molecular flexibility index (Phi) is 58.0. The summed E-state index contributed by atoms with van der Waals surface area (Å²) in [5, 5.41) is 0. The minimum Gasteiger partial charge on any atom is -0.462 e. The summed E-state index contributed by atoms with van der Waals surface area (Å²) in [6.45, 7) is 6.29. The van der Waals surface area contributed by atoms with Crippen LogP contribution in [0.3, 0.4) is 0 Å². The van der Waals surface area contributed by atoms with E-state index in [1.165, 1.54) is 44.9 Å². The monoisotopic (exact) mass is 1040 g/mol. The van der Waals surface area contributed by atoms with Gasteiger partial charge in [-0.2, -0.15) is 0 Å². The van der Waals surface area contributed by atoms with Crippen molar-refractivity contribution in [3.05, 3.63) is 170 Å². The molecule has 0 aromatic rings. The van der Waals surface area contributed by atoms with Gasteiger partial charge in [-0.25, -0.2) is 0 Å². The Labute approximate surface area is 466 Å². The molecule has 0 aliphatic carbocycles. The summed E-state index contributed by atoms with van der Waals surface area (Å²) in [6, 6.07) is 0. The maximum absolute atomic E-state index is 12.8. The number of hydrogen-bond acceptors (Lipinski definition) is 6. The third-order valence-electron chi connectivity index (χ3n) is 11.9. The zero-order valence-corrected chi connectivity index (χ0v) is 48.4. The van der Waals surface area contributed by atoms with Gasteiger partial charge in [0, 0.05) is 19.3 Å². The zero-order valence-electron chi connectivity index (χ0n) is 48.4. The molecular formula is C70H108O6. The minimum atomic E-state index is -0.846. The first-order chi connectivity index (χ1) is 37.5. The second kappa shape index (κ2) is 62.3. The highest BCUT2D eigenvalue weighted by Crippen LogP contribution is 2.12. The van der Waals surface area contributed by atoms with E-state index >= 15 is 0 Å². The highest BCUT2D eigenvalue weighted by atomic mass is 16.6. The molecule has 6 nitrogen and oxygen atoms in total. The van der Waals surface area contributed by atoms with Crippen molar-refractivity contribution in [3.8, 4) is 0 Å². The SMILES string of the molecule is CC/C=C\C/C=C\C/C=C\C/C=C\C/C=C\C/C=C\C/C=C\CCCCCC(=O)OCC(COC(=O)CCCCCCC/C=C\CCCCCCC)OC(=O)CC/C=C\C/C=C\C/C=C\C/C=C\C/C=C\C/C=C\CC. The van der Waals surface area contributed by atoms with Crippen LogP contribution in [0.4, 0.5) is 0 Å². The molecule has 0 bridgehead atoms. The van der Waals surface area contributed by atoms with Gasteiger partial charge >= 0.3 is 17.9 Å². The third-order valence-corrected chi connectivity index (χ3v) is 11.9. The van der Waals surface area contributed by atoms with Crippen molar-refractivity contribution < 1.29 is 28.6 Å². The smallest absolute Gasteiger partial charge is 0.306 e. The number of ether oxygens (including phenoxy) is 3. The van der Waals surface area contributed by atoms with E-state index in [-0.39, 0.29) is 31.6 Å². The maximum Gasteiger partial charge on any atom is 0.306 e. The lowest BCUT2D eigenvalue weighted by atomic mass is 10.1. The average molecular weight is 1050 g/mol. The van der Waals surface area contributed by atoms with Crippen LogP contribution >= 0.6 is 0 Å². The molecule has 0 heterocycles. The summed E-state index contributed by atoms with van der Waals surface area (Å²) < 4.78 is 16.8. The number of allylic oxidation sites excluding steroid dienone is 28. The van der Waals surface area contributed by atoms with Crippen LogP contribution in [0, 0.1) is 0 Å². The molecule has 1 atom stereocenters. The summed E-state index contributed by atoms with van der Waals surface area (Å²) in [4.78, 5) is 38.2. The summed E-state index contributed by atoms with van der Waals surface area (Å²) >= 11 is 0. The molecule has 0 spiro atoms. The van der Waals surface area contributed by atoms with Crippen LogP contribution in [-0.4, -0.2) is 37.2 Å². The van der Waals surface area contributed by atoms with Crippen LogP contribution < -0.4 is 0 Å². The minimum absolute atomic E-state index is 0.131. The molecule has 0 saturated carbocycles. The summed E-state index contributed by atoms with van der Waals surface area (Å²) in [7, 11) is 0. The Morgan fingerprint density at radius 1 is 0.276 bits per heavy atom. The van der Waals surface area contributed by atoms with Crippen LogP contribution in [0.1, 0.15) is 233 Å². The molecule has 424 valence electrons. The normalized spacial score (nSPS) is 13.4. The lowest BCUT2D eigenvalue weighted by Gasteiger charge is -2.18. The van der Waals surface area contributed by atoms with Gasteiger partial charge in [0.1, 0.15) is 13.2 Å². The van der Waals surface area contributed by atoms with Gasteiger partial charge in [0.05, 0.1) is 0 Å². The van der Waals surface area contributed by atoms with E-state index in [9.17, 15) is 14.4 Å². The number of carbonyl (C=O) groups excluding carboxylic acids is 3. The first-order valence-corrected chi connectivity index (χ1v) is 30.1. The first-order valence-electron chi connectivity index (χ1n) is 30.1. The fourth-order valence-corrected chi connectivity index (χ4v) is 7.50. The van der Waals surface area contributed by atoms with Crippen molar-refractivity contribution >= 4 is 17.9 Å². The highest BCUT2D eigenvalue weighted by Gasteiger charge is 2.19. The van der Waals surface area contributed by atoms with Crippen molar-refractivity contribution in [3.63, 3.8) is 0 Å². The van der Waals surface area contributed by atoms with Gasteiger partial charge in [-0.1, -0.05) is 242 Å². The molecule has 1 unspecified atom stereocenters. The van der Waals surface area contributed by atoms with E-state index in [2.05, 4.69) is 179 Å². The number of hydrogen-bond donors (Lipinski definition) is 0. The highest BCUT2D eigenvalue weighted by molar-refractivity contribution is 5.71. The fourth-order valence-electron chi connectivity index (χ4n) is 7.50.